The predicted molar refractivity (Wildman–Crippen MR) is 95.2 cm³/mol. The van der Waals surface area contributed by atoms with Crippen molar-refractivity contribution >= 4 is 5.78 Å². The molecular formula is C20H26N2O2. The van der Waals surface area contributed by atoms with Gasteiger partial charge >= 0.3 is 0 Å². The maximum absolute atomic E-state index is 12.8. The third-order valence-electron chi connectivity index (χ3n) is 4.98. The first-order valence-electron chi connectivity index (χ1n) is 8.71. The Kier molecular flexibility index (Phi) is 4.48. The average Bonchev–Trinajstić information content (AvgIpc) is 2.95. The van der Waals surface area contributed by atoms with Crippen LogP contribution in [0, 0.1) is 11.8 Å². The van der Waals surface area contributed by atoms with Crippen LogP contribution in [0.4, 0.5) is 0 Å². The summed E-state index contributed by atoms with van der Waals surface area (Å²) in [5, 5.41) is 4.82. The second-order valence-corrected chi connectivity index (χ2v) is 7.31. The summed E-state index contributed by atoms with van der Waals surface area (Å²) >= 11 is 0. The van der Waals surface area contributed by atoms with E-state index < -0.39 is 0 Å². The lowest BCUT2D eigenvalue weighted by molar-refractivity contribution is 0.0931. The lowest BCUT2D eigenvalue weighted by atomic mass is 9.79. The van der Waals surface area contributed by atoms with Crippen molar-refractivity contribution in [2.24, 2.45) is 11.8 Å². The largest absolute Gasteiger partial charge is 0.497 e. The first-order chi connectivity index (χ1) is 11.4. The van der Waals surface area contributed by atoms with Crippen LogP contribution in [0.15, 0.2) is 24.3 Å². The molecule has 0 radical (unpaired) electrons. The molecule has 1 aliphatic carbocycles. The zero-order valence-corrected chi connectivity index (χ0v) is 15.2. The van der Waals surface area contributed by atoms with E-state index >= 15 is 0 Å². The number of nitrogens with zero attached hydrogens (tertiary/aromatic N) is 2. The van der Waals surface area contributed by atoms with Crippen LogP contribution in [0.5, 0.6) is 5.75 Å². The molecule has 0 fully saturated rings. The molecule has 0 saturated carbocycles. The molecule has 4 heteroatoms. The molecule has 1 aromatic heterocycles. The first-order valence-corrected chi connectivity index (χ1v) is 8.71. The molecule has 0 bridgehead atoms. The maximum atomic E-state index is 12.8. The summed E-state index contributed by atoms with van der Waals surface area (Å²) in [6.45, 7) is 8.58. The summed E-state index contributed by atoms with van der Waals surface area (Å²) in [6.07, 6.45) is 1.53. The molecule has 24 heavy (non-hydrogen) atoms. The fourth-order valence-electron chi connectivity index (χ4n) is 3.46. The van der Waals surface area contributed by atoms with E-state index in [-0.39, 0.29) is 11.7 Å². The highest BCUT2D eigenvalue weighted by molar-refractivity contribution is 5.99. The molecule has 0 N–H and O–H groups in total. The molecule has 1 heterocycles. The summed E-state index contributed by atoms with van der Waals surface area (Å²) in [6, 6.07) is 7.87. The van der Waals surface area contributed by atoms with E-state index in [9.17, 15) is 4.79 Å². The molecule has 2 aromatic rings. The van der Waals surface area contributed by atoms with Crippen LogP contribution < -0.4 is 4.74 Å². The van der Waals surface area contributed by atoms with Gasteiger partial charge in [-0.05, 0) is 36.3 Å². The molecule has 0 amide bonds. The molecule has 1 aliphatic rings. The summed E-state index contributed by atoms with van der Waals surface area (Å²) < 4.78 is 7.31. The second-order valence-electron chi connectivity index (χ2n) is 7.31. The van der Waals surface area contributed by atoms with Crippen LogP contribution in [0.2, 0.25) is 0 Å². The summed E-state index contributed by atoms with van der Waals surface area (Å²) in [5.74, 6) is 2.13. The Morgan fingerprint density at radius 2 is 1.96 bits per heavy atom. The fraction of sp³-hybridized carbons (Fsp3) is 0.500. The van der Waals surface area contributed by atoms with Crippen molar-refractivity contribution in [3.63, 3.8) is 0 Å². The fourth-order valence-corrected chi connectivity index (χ4v) is 3.46. The normalized spacial score (nSPS) is 17.5. The van der Waals surface area contributed by atoms with E-state index in [0.717, 1.165) is 34.8 Å². The molecule has 3 rings (SSSR count). The number of ether oxygens (including phenoxy) is 1. The van der Waals surface area contributed by atoms with E-state index in [2.05, 4.69) is 27.7 Å². The van der Waals surface area contributed by atoms with Crippen LogP contribution in [0.25, 0.3) is 5.69 Å². The highest BCUT2D eigenvalue weighted by Crippen LogP contribution is 2.35. The Balaban J connectivity index is 2.17. The number of hydrogen-bond acceptors (Lipinski definition) is 3. The SMILES string of the molecule is COc1cccc(-n2nc(C(C)C)c3c2CC(C(C)C)CC3=O)c1. The summed E-state index contributed by atoms with van der Waals surface area (Å²) in [5.41, 5.74) is 3.78. The van der Waals surface area contributed by atoms with Gasteiger partial charge < -0.3 is 4.74 Å². The van der Waals surface area contributed by atoms with Crippen LogP contribution in [0.1, 0.15) is 61.8 Å². The zero-order valence-electron chi connectivity index (χ0n) is 15.2. The predicted octanol–water partition coefficient (Wildman–Crippen LogP) is 4.41. The van der Waals surface area contributed by atoms with E-state index in [0.29, 0.717) is 18.3 Å². The van der Waals surface area contributed by atoms with E-state index in [1.807, 2.05) is 28.9 Å². The Hall–Kier alpha value is -2.10. The topological polar surface area (TPSA) is 44.1 Å². The molecule has 0 aliphatic heterocycles. The van der Waals surface area contributed by atoms with Gasteiger partial charge in [0.05, 0.1) is 29.7 Å². The lowest BCUT2D eigenvalue weighted by Crippen LogP contribution is -2.25. The highest BCUT2D eigenvalue weighted by Gasteiger charge is 2.34. The van der Waals surface area contributed by atoms with Crippen molar-refractivity contribution in [1.82, 2.24) is 9.78 Å². The Morgan fingerprint density at radius 3 is 2.58 bits per heavy atom. The van der Waals surface area contributed by atoms with Crippen molar-refractivity contribution < 1.29 is 9.53 Å². The Bertz CT molecular complexity index is 759. The van der Waals surface area contributed by atoms with Gasteiger partial charge in [0.2, 0.25) is 0 Å². The van der Waals surface area contributed by atoms with Crippen molar-refractivity contribution in [3.8, 4) is 11.4 Å². The van der Waals surface area contributed by atoms with Gasteiger partial charge in [-0.15, -0.1) is 0 Å². The molecule has 1 atom stereocenters. The monoisotopic (exact) mass is 326 g/mol. The van der Waals surface area contributed by atoms with E-state index in [1.165, 1.54) is 0 Å². The minimum absolute atomic E-state index is 0.227. The summed E-state index contributed by atoms with van der Waals surface area (Å²) in [4.78, 5) is 12.8. The van der Waals surface area contributed by atoms with Crippen LogP contribution >= 0.6 is 0 Å². The van der Waals surface area contributed by atoms with E-state index in [4.69, 9.17) is 9.84 Å². The number of Topliss-reactive ketones (excluding diaryl/α,β-unsaturated/α-hetero) is 1. The summed E-state index contributed by atoms with van der Waals surface area (Å²) in [7, 11) is 1.66. The van der Waals surface area contributed by atoms with Gasteiger partial charge in [0, 0.05) is 12.5 Å². The van der Waals surface area contributed by atoms with E-state index in [1.54, 1.807) is 7.11 Å². The number of hydrogen-bond donors (Lipinski definition) is 0. The Morgan fingerprint density at radius 1 is 1.21 bits per heavy atom. The van der Waals surface area contributed by atoms with Crippen molar-refractivity contribution in [2.75, 3.05) is 7.11 Å². The minimum Gasteiger partial charge on any atom is -0.497 e. The van der Waals surface area contributed by atoms with Gasteiger partial charge in [0.15, 0.2) is 5.78 Å². The molecule has 0 spiro atoms. The molecule has 4 nitrogen and oxygen atoms in total. The number of ketones is 1. The third-order valence-corrected chi connectivity index (χ3v) is 4.98. The molecule has 1 unspecified atom stereocenters. The van der Waals surface area contributed by atoms with Gasteiger partial charge in [-0.2, -0.15) is 5.10 Å². The number of rotatable bonds is 4. The second kappa shape index (κ2) is 6.42. The average molecular weight is 326 g/mol. The smallest absolute Gasteiger partial charge is 0.166 e. The molecule has 0 saturated heterocycles. The Labute approximate surface area is 143 Å². The minimum atomic E-state index is 0.227. The quantitative estimate of drug-likeness (QED) is 0.836. The standard InChI is InChI=1S/C20H26N2O2/c1-12(2)14-9-17-19(18(23)10-14)20(13(3)4)21-22(17)15-7-6-8-16(11-15)24-5/h6-8,11-14H,9-10H2,1-5H3. The van der Waals surface area contributed by atoms with Gasteiger partial charge in [0.25, 0.3) is 0 Å². The number of carbonyl (C=O) groups excluding carboxylic acids is 1. The number of benzene rings is 1. The molecular weight excluding hydrogens is 300 g/mol. The number of aromatic nitrogens is 2. The van der Waals surface area contributed by atoms with Crippen molar-refractivity contribution in [1.29, 1.82) is 0 Å². The first kappa shape index (κ1) is 16.7. The number of carbonyl (C=O) groups is 1. The molecule has 128 valence electrons. The number of methoxy groups -OCH3 is 1. The van der Waals surface area contributed by atoms with Gasteiger partial charge in [0.1, 0.15) is 5.75 Å². The van der Waals surface area contributed by atoms with Gasteiger partial charge in [-0.1, -0.05) is 33.8 Å². The highest BCUT2D eigenvalue weighted by atomic mass is 16.5. The maximum Gasteiger partial charge on any atom is 0.166 e. The zero-order chi connectivity index (χ0) is 17.4. The van der Waals surface area contributed by atoms with Crippen molar-refractivity contribution in [2.45, 2.75) is 46.5 Å². The third kappa shape index (κ3) is 2.85. The van der Waals surface area contributed by atoms with Crippen molar-refractivity contribution in [3.05, 3.63) is 41.2 Å². The lowest BCUT2D eigenvalue weighted by Gasteiger charge is -2.26. The van der Waals surface area contributed by atoms with Crippen LogP contribution in [-0.2, 0) is 6.42 Å². The van der Waals surface area contributed by atoms with Crippen LogP contribution in [0.3, 0.4) is 0 Å². The number of fused-ring (bicyclic) bond motifs is 1. The molecule has 1 aromatic carbocycles. The van der Waals surface area contributed by atoms with Gasteiger partial charge in [-0.3, -0.25) is 4.79 Å². The van der Waals surface area contributed by atoms with Gasteiger partial charge in [-0.25, -0.2) is 4.68 Å². The van der Waals surface area contributed by atoms with Crippen LogP contribution in [-0.4, -0.2) is 22.7 Å².